The summed E-state index contributed by atoms with van der Waals surface area (Å²) in [7, 11) is 0. The minimum atomic E-state index is -0.231. The van der Waals surface area contributed by atoms with Crippen LogP contribution in [0.25, 0.3) is 0 Å². The zero-order valence-corrected chi connectivity index (χ0v) is 7.85. The van der Waals surface area contributed by atoms with Crippen molar-refractivity contribution < 1.29 is 4.79 Å². The molecule has 0 aromatic heterocycles. The number of amides is 1. The van der Waals surface area contributed by atoms with Gasteiger partial charge in [0.05, 0.1) is 0 Å². The molecule has 0 aromatic carbocycles. The number of carbonyl (C=O) groups excluding carboxylic acids is 1. The van der Waals surface area contributed by atoms with Crippen LogP contribution in [-0.2, 0) is 4.79 Å². The zero-order chi connectivity index (χ0) is 9.56. The van der Waals surface area contributed by atoms with Crippen molar-refractivity contribution in [2.24, 2.45) is 5.73 Å². The van der Waals surface area contributed by atoms with Crippen LogP contribution in [0.3, 0.4) is 0 Å². The molecule has 0 fully saturated rings. The minimum Gasteiger partial charge on any atom is -0.343 e. The molecule has 0 aliphatic carbocycles. The van der Waals surface area contributed by atoms with Crippen LogP contribution in [0.5, 0.6) is 0 Å². The SMILES string of the molecule is CC#CC(=O)NC(C)CC(C)N. The topological polar surface area (TPSA) is 55.1 Å². The molecular weight excluding hydrogens is 152 g/mol. The molecule has 2 atom stereocenters. The van der Waals surface area contributed by atoms with Gasteiger partial charge in [0.25, 0.3) is 5.91 Å². The van der Waals surface area contributed by atoms with Crippen molar-refractivity contribution in [3.05, 3.63) is 0 Å². The van der Waals surface area contributed by atoms with E-state index in [0.717, 1.165) is 6.42 Å². The molecule has 3 N–H and O–H groups in total. The summed E-state index contributed by atoms with van der Waals surface area (Å²) >= 11 is 0. The van der Waals surface area contributed by atoms with Crippen molar-refractivity contribution in [1.29, 1.82) is 0 Å². The molecule has 3 heteroatoms. The Kier molecular flexibility index (Phi) is 5.14. The number of carbonyl (C=O) groups is 1. The second-order valence-electron chi connectivity index (χ2n) is 2.96. The van der Waals surface area contributed by atoms with Crippen LogP contribution in [0, 0.1) is 11.8 Å². The van der Waals surface area contributed by atoms with Gasteiger partial charge in [-0.15, -0.1) is 0 Å². The van der Waals surface area contributed by atoms with Gasteiger partial charge in [-0.25, -0.2) is 0 Å². The molecule has 0 saturated carbocycles. The van der Waals surface area contributed by atoms with Crippen molar-refractivity contribution in [3.8, 4) is 11.8 Å². The predicted octanol–water partition coefficient (Wildman–Crippen LogP) is 0.252. The first-order valence-electron chi connectivity index (χ1n) is 4.05. The third-order valence-electron chi connectivity index (χ3n) is 1.34. The Morgan fingerprint density at radius 3 is 2.58 bits per heavy atom. The van der Waals surface area contributed by atoms with Gasteiger partial charge >= 0.3 is 0 Å². The average Bonchev–Trinajstić information content (AvgIpc) is 1.84. The van der Waals surface area contributed by atoms with E-state index in [-0.39, 0.29) is 18.0 Å². The Morgan fingerprint density at radius 2 is 2.17 bits per heavy atom. The number of hydrogen-bond donors (Lipinski definition) is 2. The van der Waals surface area contributed by atoms with Gasteiger partial charge in [0.2, 0.25) is 0 Å². The first kappa shape index (κ1) is 11.0. The average molecular weight is 168 g/mol. The number of hydrogen-bond acceptors (Lipinski definition) is 2. The summed E-state index contributed by atoms with van der Waals surface area (Å²) in [6, 6.07) is 0.202. The Bertz CT molecular complexity index is 200. The molecule has 68 valence electrons. The van der Waals surface area contributed by atoms with E-state index in [1.165, 1.54) is 0 Å². The molecule has 0 saturated heterocycles. The van der Waals surface area contributed by atoms with Crippen LogP contribution < -0.4 is 11.1 Å². The second kappa shape index (κ2) is 5.62. The van der Waals surface area contributed by atoms with Crippen molar-refractivity contribution in [2.75, 3.05) is 0 Å². The molecule has 2 unspecified atom stereocenters. The van der Waals surface area contributed by atoms with Crippen molar-refractivity contribution in [1.82, 2.24) is 5.32 Å². The Labute approximate surface area is 73.7 Å². The van der Waals surface area contributed by atoms with Crippen LogP contribution in [-0.4, -0.2) is 18.0 Å². The van der Waals surface area contributed by atoms with E-state index in [0.29, 0.717) is 0 Å². The molecule has 3 nitrogen and oxygen atoms in total. The standard InChI is InChI=1S/C9H16N2O/c1-4-5-9(12)11-8(3)6-7(2)10/h7-8H,6,10H2,1-3H3,(H,11,12). The van der Waals surface area contributed by atoms with Crippen LogP contribution in [0.15, 0.2) is 0 Å². The van der Waals surface area contributed by atoms with Gasteiger partial charge in [0, 0.05) is 12.1 Å². The highest BCUT2D eigenvalue weighted by atomic mass is 16.1. The van der Waals surface area contributed by atoms with Crippen LogP contribution in [0.4, 0.5) is 0 Å². The molecule has 0 radical (unpaired) electrons. The number of nitrogens with two attached hydrogens (primary N) is 1. The van der Waals surface area contributed by atoms with E-state index >= 15 is 0 Å². The van der Waals surface area contributed by atoms with Gasteiger partial charge in [-0.3, -0.25) is 4.79 Å². The maximum absolute atomic E-state index is 10.9. The van der Waals surface area contributed by atoms with E-state index in [2.05, 4.69) is 17.2 Å². The smallest absolute Gasteiger partial charge is 0.296 e. The largest absolute Gasteiger partial charge is 0.343 e. The summed E-state index contributed by atoms with van der Waals surface area (Å²) in [5, 5.41) is 2.72. The highest BCUT2D eigenvalue weighted by molar-refractivity contribution is 5.93. The first-order valence-corrected chi connectivity index (χ1v) is 4.05. The van der Waals surface area contributed by atoms with Crippen LogP contribution >= 0.6 is 0 Å². The molecule has 0 rings (SSSR count). The van der Waals surface area contributed by atoms with E-state index in [1.54, 1.807) is 6.92 Å². The van der Waals surface area contributed by atoms with Crippen LogP contribution in [0.1, 0.15) is 27.2 Å². The molecular formula is C9H16N2O. The van der Waals surface area contributed by atoms with Gasteiger partial charge < -0.3 is 11.1 Å². The van der Waals surface area contributed by atoms with Gasteiger partial charge in [0.15, 0.2) is 0 Å². The lowest BCUT2D eigenvalue weighted by atomic mass is 10.1. The van der Waals surface area contributed by atoms with Crippen LogP contribution in [0.2, 0.25) is 0 Å². The lowest BCUT2D eigenvalue weighted by Crippen LogP contribution is -2.35. The van der Waals surface area contributed by atoms with Gasteiger partial charge in [-0.05, 0) is 33.1 Å². The lowest BCUT2D eigenvalue weighted by Gasteiger charge is -2.13. The molecule has 12 heavy (non-hydrogen) atoms. The van der Waals surface area contributed by atoms with Gasteiger partial charge in [-0.1, -0.05) is 5.92 Å². The molecule has 0 aromatic rings. The Balaban J connectivity index is 3.74. The van der Waals surface area contributed by atoms with E-state index in [1.807, 2.05) is 13.8 Å². The highest BCUT2D eigenvalue weighted by Gasteiger charge is 2.06. The second-order valence-corrected chi connectivity index (χ2v) is 2.96. The molecule has 0 spiro atoms. The lowest BCUT2D eigenvalue weighted by molar-refractivity contribution is -0.116. The fraction of sp³-hybridized carbons (Fsp3) is 0.667. The molecule has 1 amide bonds. The quantitative estimate of drug-likeness (QED) is 0.594. The summed E-state index contributed by atoms with van der Waals surface area (Å²) in [4.78, 5) is 10.9. The number of nitrogens with one attached hydrogen (secondary N) is 1. The maximum atomic E-state index is 10.9. The fourth-order valence-electron chi connectivity index (χ4n) is 0.990. The summed E-state index contributed by atoms with van der Waals surface area (Å²) in [5.74, 6) is 4.71. The van der Waals surface area contributed by atoms with Gasteiger partial charge in [0.1, 0.15) is 0 Å². The fourth-order valence-corrected chi connectivity index (χ4v) is 0.990. The minimum absolute atomic E-state index is 0.0957. The molecule has 0 aliphatic rings. The van der Waals surface area contributed by atoms with Gasteiger partial charge in [-0.2, -0.15) is 0 Å². The molecule has 0 bridgehead atoms. The van der Waals surface area contributed by atoms with Crippen molar-refractivity contribution >= 4 is 5.91 Å². The third-order valence-corrected chi connectivity index (χ3v) is 1.34. The predicted molar refractivity (Wildman–Crippen MR) is 49.3 cm³/mol. The maximum Gasteiger partial charge on any atom is 0.296 e. The summed E-state index contributed by atoms with van der Waals surface area (Å²) in [5.41, 5.74) is 5.56. The summed E-state index contributed by atoms with van der Waals surface area (Å²) in [6.45, 7) is 5.46. The zero-order valence-electron chi connectivity index (χ0n) is 7.85. The Hall–Kier alpha value is -1.01. The number of rotatable bonds is 3. The van der Waals surface area contributed by atoms with E-state index in [9.17, 15) is 4.79 Å². The summed E-state index contributed by atoms with van der Waals surface area (Å²) in [6.07, 6.45) is 0.775. The van der Waals surface area contributed by atoms with E-state index in [4.69, 9.17) is 5.73 Å². The third kappa shape index (κ3) is 5.75. The van der Waals surface area contributed by atoms with Crippen molar-refractivity contribution in [2.45, 2.75) is 39.3 Å². The summed E-state index contributed by atoms with van der Waals surface area (Å²) < 4.78 is 0. The molecule has 0 aliphatic heterocycles. The normalized spacial score (nSPS) is 14.0. The highest BCUT2D eigenvalue weighted by Crippen LogP contribution is 1.93. The molecule has 0 heterocycles. The monoisotopic (exact) mass is 168 g/mol. The van der Waals surface area contributed by atoms with E-state index < -0.39 is 0 Å². The van der Waals surface area contributed by atoms with Crippen molar-refractivity contribution in [3.63, 3.8) is 0 Å². The first-order chi connectivity index (χ1) is 5.56. The Morgan fingerprint density at radius 1 is 1.58 bits per heavy atom.